The SMILES string of the molecule is CC(=O)Nc1ccc(CN2CCN([C@H]3CCNC3)CC2)cc1. The third kappa shape index (κ3) is 4.06. The molecule has 0 bridgehead atoms. The summed E-state index contributed by atoms with van der Waals surface area (Å²) in [5.41, 5.74) is 2.18. The molecule has 0 aliphatic carbocycles. The standard InChI is InChI=1S/C17H26N4O/c1-14(22)19-16-4-2-15(3-5-16)13-20-8-10-21(11-9-20)17-6-7-18-12-17/h2-5,17-18H,6-13H2,1H3,(H,19,22)/t17-/m0/s1. The van der Waals surface area contributed by atoms with Crippen molar-refractivity contribution >= 4 is 11.6 Å². The van der Waals surface area contributed by atoms with E-state index in [0.29, 0.717) is 0 Å². The third-order valence-electron chi connectivity index (χ3n) is 4.64. The van der Waals surface area contributed by atoms with Crippen LogP contribution in [-0.2, 0) is 11.3 Å². The van der Waals surface area contributed by atoms with Crippen molar-refractivity contribution in [3.8, 4) is 0 Å². The van der Waals surface area contributed by atoms with Crippen molar-refractivity contribution in [3.05, 3.63) is 29.8 Å². The second-order valence-corrected chi connectivity index (χ2v) is 6.34. The molecular weight excluding hydrogens is 276 g/mol. The van der Waals surface area contributed by atoms with E-state index < -0.39 is 0 Å². The van der Waals surface area contributed by atoms with Gasteiger partial charge in [-0.05, 0) is 30.7 Å². The zero-order valence-corrected chi connectivity index (χ0v) is 13.3. The van der Waals surface area contributed by atoms with Gasteiger partial charge in [0.1, 0.15) is 0 Å². The Kier molecular flexibility index (Phi) is 5.08. The number of carbonyl (C=O) groups is 1. The average molecular weight is 302 g/mol. The van der Waals surface area contributed by atoms with Crippen LogP contribution in [0.1, 0.15) is 18.9 Å². The molecular formula is C17H26N4O. The number of benzene rings is 1. The molecule has 0 unspecified atom stereocenters. The highest BCUT2D eigenvalue weighted by atomic mass is 16.1. The fraction of sp³-hybridized carbons (Fsp3) is 0.588. The Hall–Kier alpha value is -1.43. The van der Waals surface area contributed by atoms with Crippen LogP contribution in [-0.4, -0.2) is 61.0 Å². The second kappa shape index (κ2) is 7.22. The Bertz CT molecular complexity index is 488. The monoisotopic (exact) mass is 302 g/mol. The van der Waals surface area contributed by atoms with E-state index in [4.69, 9.17) is 0 Å². The average Bonchev–Trinajstić information content (AvgIpc) is 3.04. The maximum Gasteiger partial charge on any atom is 0.221 e. The van der Waals surface area contributed by atoms with Crippen molar-refractivity contribution < 1.29 is 4.79 Å². The van der Waals surface area contributed by atoms with Gasteiger partial charge in [-0.3, -0.25) is 14.6 Å². The summed E-state index contributed by atoms with van der Waals surface area (Å²) >= 11 is 0. The molecule has 2 N–H and O–H groups in total. The van der Waals surface area contributed by atoms with Gasteiger partial charge in [-0.1, -0.05) is 12.1 Å². The lowest BCUT2D eigenvalue weighted by atomic mass is 10.1. The topological polar surface area (TPSA) is 47.6 Å². The molecule has 1 atom stereocenters. The molecule has 5 heteroatoms. The molecule has 2 aliphatic heterocycles. The van der Waals surface area contributed by atoms with Gasteiger partial charge in [-0.2, -0.15) is 0 Å². The van der Waals surface area contributed by atoms with Gasteiger partial charge in [0.25, 0.3) is 0 Å². The van der Waals surface area contributed by atoms with Gasteiger partial charge in [0.2, 0.25) is 5.91 Å². The predicted octanol–water partition coefficient (Wildman–Crippen LogP) is 1.12. The molecule has 0 radical (unpaired) electrons. The fourth-order valence-electron chi connectivity index (χ4n) is 3.39. The highest BCUT2D eigenvalue weighted by molar-refractivity contribution is 5.88. The Balaban J connectivity index is 1.46. The van der Waals surface area contributed by atoms with Gasteiger partial charge in [0, 0.05) is 57.9 Å². The Labute approximate surface area is 132 Å². The minimum atomic E-state index is -0.0229. The van der Waals surface area contributed by atoms with Gasteiger partial charge in [-0.15, -0.1) is 0 Å². The molecule has 1 aromatic rings. The van der Waals surface area contributed by atoms with Gasteiger partial charge in [0.05, 0.1) is 0 Å². The van der Waals surface area contributed by atoms with Gasteiger partial charge >= 0.3 is 0 Å². The zero-order chi connectivity index (χ0) is 15.4. The highest BCUT2D eigenvalue weighted by Gasteiger charge is 2.25. The van der Waals surface area contributed by atoms with E-state index in [1.807, 2.05) is 12.1 Å². The summed E-state index contributed by atoms with van der Waals surface area (Å²) < 4.78 is 0. The van der Waals surface area contributed by atoms with Crippen LogP contribution in [0.4, 0.5) is 5.69 Å². The summed E-state index contributed by atoms with van der Waals surface area (Å²) in [6.07, 6.45) is 1.30. The summed E-state index contributed by atoms with van der Waals surface area (Å²) in [4.78, 5) is 16.2. The third-order valence-corrected chi connectivity index (χ3v) is 4.64. The van der Waals surface area contributed by atoms with Gasteiger partial charge in [0.15, 0.2) is 0 Å². The van der Waals surface area contributed by atoms with Crippen molar-refractivity contribution in [2.75, 3.05) is 44.6 Å². The molecule has 2 saturated heterocycles. The van der Waals surface area contributed by atoms with Crippen molar-refractivity contribution in [3.63, 3.8) is 0 Å². The molecule has 2 aliphatic rings. The molecule has 1 amide bonds. The smallest absolute Gasteiger partial charge is 0.221 e. The molecule has 2 heterocycles. The number of hydrogen-bond acceptors (Lipinski definition) is 4. The second-order valence-electron chi connectivity index (χ2n) is 6.34. The van der Waals surface area contributed by atoms with Crippen molar-refractivity contribution in [1.82, 2.24) is 15.1 Å². The van der Waals surface area contributed by atoms with E-state index in [2.05, 4.69) is 32.6 Å². The minimum Gasteiger partial charge on any atom is -0.326 e. The van der Waals surface area contributed by atoms with E-state index in [-0.39, 0.29) is 5.91 Å². The first kappa shape index (κ1) is 15.5. The summed E-state index contributed by atoms with van der Waals surface area (Å²) in [6, 6.07) is 8.94. The lowest BCUT2D eigenvalue weighted by Crippen LogP contribution is -2.50. The van der Waals surface area contributed by atoms with E-state index in [9.17, 15) is 4.79 Å². The fourth-order valence-corrected chi connectivity index (χ4v) is 3.39. The molecule has 5 nitrogen and oxygen atoms in total. The molecule has 120 valence electrons. The van der Waals surface area contributed by atoms with Crippen molar-refractivity contribution in [2.45, 2.75) is 25.9 Å². The summed E-state index contributed by atoms with van der Waals surface area (Å²) in [5.74, 6) is -0.0229. The van der Waals surface area contributed by atoms with E-state index in [1.54, 1.807) is 0 Å². The summed E-state index contributed by atoms with van der Waals surface area (Å²) in [6.45, 7) is 9.50. The van der Waals surface area contributed by atoms with Crippen LogP contribution >= 0.6 is 0 Å². The molecule has 1 aromatic carbocycles. The van der Waals surface area contributed by atoms with E-state index in [1.165, 1.54) is 38.5 Å². The van der Waals surface area contributed by atoms with E-state index >= 15 is 0 Å². The number of nitrogens with one attached hydrogen (secondary N) is 2. The molecule has 3 rings (SSSR count). The number of rotatable bonds is 4. The number of anilines is 1. The first-order chi connectivity index (χ1) is 10.7. The van der Waals surface area contributed by atoms with Crippen LogP contribution in [0.3, 0.4) is 0 Å². The first-order valence-corrected chi connectivity index (χ1v) is 8.24. The number of nitrogens with zero attached hydrogens (tertiary/aromatic N) is 2. The number of hydrogen-bond donors (Lipinski definition) is 2. The van der Waals surface area contributed by atoms with Crippen LogP contribution in [0.25, 0.3) is 0 Å². The molecule has 0 aromatic heterocycles. The summed E-state index contributed by atoms with van der Waals surface area (Å²) in [5, 5.41) is 6.26. The van der Waals surface area contributed by atoms with Gasteiger partial charge in [-0.25, -0.2) is 0 Å². The minimum absolute atomic E-state index is 0.0229. The van der Waals surface area contributed by atoms with Gasteiger partial charge < -0.3 is 10.6 Å². The van der Waals surface area contributed by atoms with Crippen LogP contribution < -0.4 is 10.6 Å². The maximum atomic E-state index is 11.0. The molecule has 2 fully saturated rings. The number of carbonyl (C=O) groups excluding carboxylic acids is 1. The largest absolute Gasteiger partial charge is 0.326 e. The Morgan fingerprint density at radius 2 is 1.95 bits per heavy atom. The Morgan fingerprint density at radius 1 is 1.23 bits per heavy atom. The van der Waals surface area contributed by atoms with E-state index in [0.717, 1.165) is 37.9 Å². The lowest BCUT2D eigenvalue weighted by Gasteiger charge is -2.37. The number of amides is 1. The van der Waals surface area contributed by atoms with Crippen LogP contribution in [0.15, 0.2) is 24.3 Å². The van der Waals surface area contributed by atoms with Crippen molar-refractivity contribution in [2.24, 2.45) is 0 Å². The first-order valence-electron chi connectivity index (χ1n) is 8.24. The Morgan fingerprint density at radius 3 is 2.55 bits per heavy atom. The summed E-state index contributed by atoms with van der Waals surface area (Å²) in [7, 11) is 0. The zero-order valence-electron chi connectivity index (χ0n) is 13.3. The molecule has 22 heavy (non-hydrogen) atoms. The quantitative estimate of drug-likeness (QED) is 0.875. The molecule has 0 saturated carbocycles. The van der Waals surface area contributed by atoms with Crippen LogP contribution in [0, 0.1) is 0 Å². The maximum absolute atomic E-state index is 11.0. The predicted molar refractivity (Wildman–Crippen MR) is 88.9 cm³/mol. The van der Waals surface area contributed by atoms with Crippen LogP contribution in [0.2, 0.25) is 0 Å². The van der Waals surface area contributed by atoms with Crippen LogP contribution in [0.5, 0.6) is 0 Å². The highest BCUT2D eigenvalue weighted by Crippen LogP contribution is 2.15. The van der Waals surface area contributed by atoms with Crippen molar-refractivity contribution in [1.29, 1.82) is 0 Å². The lowest BCUT2D eigenvalue weighted by molar-refractivity contribution is -0.114. The molecule has 0 spiro atoms. The number of piperazine rings is 1. The normalized spacial score (nSPS) is 23.6.